The summed E-state index contributed by atoms with van der Waals surface area (Å²) in [6, 6.07) is 0. The molecule has 2 atom stereocenters. The van der Waals surface area contributed by atoms with Gasteiger partial charge in [-0.15, -0.1) is 0 Å². The molecule has 0 aromatic carbocycles. The SMILES string of the molecule is Cn1cncc1[C@@H]1C[C@@H](O)CCO1. The van der Waals surface area contributed by atoms with E-state index in [-0.39, 0.29) is 12.2 Å². The minimum atomic E-state index is -0.228. The molecule has 4 heteroatoms. The highest BCUT2D eigenvalue weighted by Gasteiger charge is 2.23. The molecule has 0 bridgehead atoms. The predicted molar refractivity (Wildman–Crippen MR) is 47.1 cm³/mol. The van der Waals surface area contributed by atoms with Crippen molar-refractivity contribution in [3.05, 3.63) is 18.2 Å². The van der Waals surface area contributed by atoms with Crippen LogP contribution in [0.3, 0.4) is 0 Å². The number of ether oxygens (including phenoxy) is 1. The van der Waals surface area contributed by atoms with Gasteiger partial charge in [0.15, 0.2) is 0 Å². The van der Waals surface area contributed by atoms with Crippen molar-refractivity contribution in [2.45, 2.75) is 25.0 Å². The van der Waals surface area contributed by atoms with Crippen LogP contribution >= 0.6 is 0 Å². The van der Waals surface area contributed by atoms with Crippen molar-refractivity contribution in [1.82, 2.24) is 9.55 Å². The van der Waals surface area contributed by atoms with Crippen molar-refractivity contribution < 1.29 is 9.84 Å². The topological polar surface area (TPSA) is 47.3 Å². The number of rotatable bonds is 1. The lowest BCUT2D eigenvalue weighted by atomic mass is 10.0. The lowest BCUT2D eigenvalue weighted by Gasteiger charge is -2.26. The van der Waals surface area contributed by atoms with Crippen LogP contribution in [0.15, 0.2) is 12.5 Å². The number of aliphatic hydroxyl groups excluding tert-OH is 1. The van der Waals surface area contributed by atoms with Gasteiger partial charge in [-0.1, -0.05) is 0 Å². The van der Waals surface area contributed by atoms with E-state index in [0.717, 1.165) is 12.1 Å². The van der Waals surface area contributed by atoms with E-state index in [2.05, 4.69) is 4.98 Å². The fourth-order valence-electron chi connectivity index (χ4n) is 1.66. The first-order chi connectivity index (χ1) is 6.27. The average molecular weight is 182 g/mol. The molecule has 1 aromatic rings. The highest BCUT2D eigenvalue weighted by molar-refractivity contribution is 5.03. The highest BCUT2D eigenvalue weighted by Crippen LogP contribution is 2.27. The normalized spacial score (nSPS) is 29.1. The van der Waals surface area contributed by atoms with Crippen LogP contribution in [0.5, 0.6) is 0 Å². The number of imidazole rings is 1. The van der Waals surface area contributed by atoms with Gasteiger partial charge in [0.2, 0.25) is 0 Å². The molecule has 1 saturated heterocycles. The van der Waals surface area contributed by atoms with Crippen LogP contribution in [0.25, 0.3) is 0 Å². The van der Waals surface area contributed by atoms with Crippen LogP contribution in [0.4, 0.5) is 0 Å². The summed E-state index contributed by atoms with van der Waals surface area (Å²) in [6.07, 6.45) is 4.75. The molecular formula is C9H14N2O2. The second kappa shape index (κ2) is 3.47. The molecule has 1 aromatic heterocycles. The summed E-state index contributed by atoms with van der Waals surface area (Å²) in [4.78, 5) is 4.02. The summed E-state index contributed by atoms with van der Waals surface area (Å²) in [5, 5.41) is 9.46. The van der Waals surface area contributed by atoms with Crippen LogP contribution in [0, 0.1) is 0 Å². The van der Waals surface area contributed by atoms with Crippen LogP contribution in [0.2, 0.25) is 0 Å². The molecule has 13 heavy (non-hydrogen) atoms. The molecule has 72 valence electrons. The Morgan fingerprint density at radius 3 is 3.15 bits per heavy atom. The fraction of sp³-hybridized carbons (Fsp3) is 0.667. The van der Waals surface area contributed by atoms with E-state index in [1.165, 1.54) is 0 Å². The molecule has 2 heterocycles. The first kappa shape index (κ1) is 8.72. The maximum atomic E-state index is 9.46. The number of aryl methyl sites for hydroxylation is 1. The summed E-state index contributed by atoms with van der Waals surface area (Å²) in [6.45, 7) is 0.636. The zero-order chi connectivity index (χ0) is 9.26. The molecular weight excluding hydrogens is 168 g/mol. The van der Waals surface area contributed by atoms with E-state index in [1.807, 2.05) is 11.6 Å². The molecule has 1 fully saturated rings. The first-order valence-electron chi connectivity index (χ1n) is 4.53. The number of nitrogens with zero attached hydrogens (tertiary/aromatic N) is 2. The maximum absolute atomic E-state index is 9.46. The number of aliphatic hydroxyl groups is 1. The Morgan fingerprint density at radius 2 is 2.54 bits per heavy atom. The lowest BCUT2D eigenvalue weighted by Crippen LogP contribution is -2.24. The Balaban J connectivity index is 2.12. The molecule has 1 aliphatic rings. The second-order valence-electron chi connectivity index (χ2n) is 3.47. The summed E-state index contributed by atoms with van der Waals surface area (Å²) in [5.74, 6) is 0. The summed E-state index contributed by atoms with van der Waals surface area (Å²) < 4.78 is 7.49. The molecule has 0 unspecified atom stereocenters. The van der Waals surface area contributed by atoms with Crippen LogP contribution < -0.4 is 0 Å². The minimum absolute atomic E-state index is 0.0104. The molecule has 2 rings (SSSR count). The largest absolute Gasteiger partial charge is 0.393 e. The van der Waals surface area contributed by atoms with Gasteiger partial charge in [-0.05, 0) is 6.42 Å². The van der Waals surface area contributed by atoms with Gasteiger partial charge in [-0.2, -0.15) is 0 Å². The quantitative estimate of drug-likeness (QED) is 0.693. The minimum Gasteiger partial charge on any atom is -0.393 e. The van der Waals surface area contributed by atoms with Gasteiger partial charge in [0.05, 0.1) is 24.3 Å². The van der Waals surface area contributed by atoms with Gasteiger partial charge in [0.1, 0.15) is 6.10 Å². The van der Waals surface area contributed by atoms with E-state index in [0.29, 0.717) is 13.0 Å². The third kappa shape index (κ3) is 1.73. The second-order valence-corrected chi connectivity index (χ2v) is 3.47. The van der Waals surface area contributed by atoms with Gasteiger partial charge in [0.25, 0.3) is 0 Å². The average Bonchev–Trinajstić information content (AvgIpc) is 2.51. The summed E-state index contributed by atoms with van der Waals surface area (Å²) in [5.41, 5.74) is 1.04. The Morgan fingerprint density at radius 1 is 1.69 bits per heavy atom. The van der Waals surface area contributed by atoms with Crippen molar-refractivity contribution in [2.24, 2.45) is 7.05 Å². The number of aromatic nitrogens is 2. The monoisotopic (exact) mass is 182 g/mol. The molecule has 0 aliphatic carbocycles. The molecule has 4 nitrogen and oxygen atoms in total. The third-order valence-electron chi connectivity index (χ3n) is 2.44. The summed E-state index contributed by atoms with van der Waals surface area (Å²) in [7, 11) is 1.94. The van der Waals surface area contributed by atoms with Crippen LogP contribution in [0.1, 0.15) is 24.6 Å². The van der Waals surface area contributed by atoms with Crippen molar-refractivity contribution in [1.29, 1.82) is 0 Å². The zero-order valence-corrected chi connectivity index (χ0v) is 7.68. The van der Waals surface area contributed by atoms with Gasteiger partial charge in [-0.3, -0.25) is 0 Å². The lowest BCUT2D eigenvalue weighted by molar-refractivity contribution is -0.0477. The Kier molecular flexibility index (Phi) is 2.33. The first-order valence-corrected chi connectivity index (χ1v) is 4.53. The van der Waals surface area contributed by atoms with Crippen molar-refractivity contribution >= 4 is 0 Å². The standard InChI is InChI=1S/C9H14N2O2/c1-11-6-10-5-8(11)9-4-7(12)2-3-13-9/h5-7,9,12H,2-4H2,1H3/t7-,9-/m0/s1. The highest BCUT2D eigenvalue weighted by atomic mass is 16.5. The number of hydrogen-bond acceptors (Lipinski definition) is 3. The summed E-state index contributed by atoms with van der Waals surface area (Å²) >= 11 is 0. The van der Waals surface area contributed by atoms with E-state index in [4.69, 9.17) is 4.74 Å². The Bertz CT molecular complexity index is 285. The van der Waals surface area contributed by atoms with Gasteiger partial charge in [-0.25, -0.2) is 4.98 Å². The third-order valence-corrected chi connectivity index (χ3v) is 2.44. The predicted octanol–water partition coefficient (Wildman–Crippen LogP) is 0.632. The van der Waals surface area contributed by atoms with E-state index in [9.17, 15) is 5.11 Å². The Labute approximate surface area is 77.2 Å². The van der Waals surface area contributed by atoms with E-state index >= 15 is 0 Å². The van der Waals surface area contributed by atoms with Crippen molar-refractivity contribution in [2.75, 3.05) is 6.61 Å². The van der Waals surface area contributed by atoms with E-state index in [1.54, 1.807) is 12.5 Å². The fourth-order valence-corrected chi connectivity index (χ4v) is 1.66. The van der Waals surface area contributed by atoms with Crippen LogP contribution in [-0.2, 0) is 11.8 Å². The molecule has 1 aliphatic heterocycles. The van der Waals surface area contributed by atoms with Gasteiger partial charge < -0.3 is 14.4 Å². The molecule has 1 N–H and O–H groups in total. The zero-order valence-electron chi connectivity index (χ0n) is 7.68. The van der Waals surface area contributed by atoms with Crippen molar-refractivity contribution in [3.8, 4) is 0 Å². The smallest absolute Gasteiger partial charge is 0.101 e. The van der Waals surface area contributed by atoms with Crippen LogP contribution in [-0.4, -0.2) is 27.4 Å². The molecule has 0 saturated carbocycles. The number of hydrogen-bond donors (Lipinski definition) is 1. The van der Waals surface area contributed by atoms with E-state index < -0.39 is 0 Å². The van der Waals surface area contributed by atoms with Crippen molar-refractivity contribution in [3.63, 3.8) is 0 Å². The van der Waals surface area contributed by atoms with Gasteiger partial charge >= 0.3 is 0 Å². The molecule has 0 spiro atoms. The van der Waals surface area contributed by atoms with Gasteiger partial charge in [0, 0.05) is 20.1 Å². The molecule has 0 amide bonds. The Hall–Kier alpha value is -0.870. The maximum Gasteiger partial charge on any atom is 0.101 e. The molecule has 0 radical (unpaired) electrons.